The maximum Gasteiger partial charge on any atom is 0.0630 e. The molecule has 0 saturated heterocycles. The predicted molar refractivity (Wildman–Crippen MR) is 220 cm³/mol. The third kappa shape index (κ3) is 5.22. The van der Waals surface area contributed by atoms with E-state index in [0.717, 1.165) is 28.9 Å². The molecule has 256 valence electrons. The number of aromatic nitrogens is 1. The number of rotatable bonds is 6. The standard InChI is InChI=1S/C50H41N3/c1-50(2)46-16-8-6-14-42(46)43-28-27-41(32-47(43)50)52(40-25-20-35(21-26-40)37-11-10-30-51-33-37)39-23-18-34(19-24-39)36-22-29-49-45(31-36)44-15-7-9-17-48(44)53(49)38-12-4-3-5-13-38/h3-27,29-33,43,45,49H,28H2,1-2H3. The molecule has 0 bridgehead atoms. The van der Waals surface area contributed by atoms with Gasteiger partial charge in [-0.05, 0) is 100.0 Å². The van der Waals surface area contributed by atoms with Gasteiger partial charge >= 0.3 is 0 Å². The molecule has 0 N–H and O–H groups in total. The Hall–Kier alpha value is -6.19. The average molecular weight is 684 g/mol. The maximum absolute atomic E-state index is 4.36. The number of hydrogen-bond donors (Lipinski definition) is 0. The Kier molecular flexibility index (Phi) is 7.43. The highest BCUT2D eigenvalue weighted by molar-refractivity contribution is 5.84. The monoisotopic (exact) mass is 683 g/mol. The predicted octanol–water partition coefficient (Wildman–Crippen LogP) is 12.4. The number of anilines is 4. The van der Waals surface area contributed by atoms with Crippen LogP contribution in [0.2, 0.25) is 0 Å². The van der Waals surface area contributed by atoms with E-state index in [9.17, 15) is 0 Å². The van der Waals surface area contributed by atoms with Crippen LogP contribution in [0.3, 0.4) is 0 Å². The van der Waals surface area contributed by atoms with Gasteiger partial charge in [0.05, 0.1) is 6.04 Å². The molecule has 1 aromatic heterocycles. The Morgan fingerprint density at radius 3 is 2.13 bits per heavy atom. The summed E-state index contributed by atoms with van der Waals surface area (Å²) in [5, 5.41) is 0. The first-order chi connectivity index (χ1) is 26.0. The van der Waals surface area contributed by atoms with Crippen molar-refractivity contribution >= 4 is 28.3 Å². The molecule has 4 aliphatic rings. The van der Waals surface area contributed by atoms with Gasteiger partial charge in [0, 0.05) is 58.1 Å². The van der Waals surface area contributed by atoms with E-state index < -0.39 is 0 Å². The van der Waals surface area contributed by atoms with Gasteiger partial charge in [0.2, 0.25) is 0 Å². The van der Waals surface area contributed by atoms with Crippen LogP contribution >= 0.6 is 0 Å². The number of fused-ring (bicyclic) bond motifs is 6. The topological polar surface area (TPSA) is 19.4 Å². The van der Waals surface area contributed by atoms with Crippen molar-refractivity contribution in [2.45, 2.75) is 43.6 Å². The molecule has 3 heteroatoms. The Morgan fingerprint density at radius 2 is 1.38 bits per heavy atom. The van der Waals surface area contributed by atoms with E-state index >= 15 is 0 Å². The summed E-state index contributed by atoms with van der Waals surface area (Å²) in [4.78, 5) is 9.28. The minimum atomic E-state index is -0.0208. The summed E-state index contributed by atoms with van der Waals surface area (Å²) in [6, 6.07) is 51.2. The summed E-state index contributed by atoms with van der Waals surface area (Å²) >= 11 is 0. The smallest absolute Gasteiger partial charge is 0.0630 e. The zero-order valence-corrected chi connectivity index (χ0v) is 30.1. The molecule has 6 aromatic rings. The van der Waals surface area contributed by atoms with Gasteiger partial charge in [-0.2, -0.15) is 0 Å². The van der Waals surface area contributed by atoms with Crippen LogP contribution in [0.15, 0.2) is 194 Å². The molecule has 3 nitrogen and oxygen atoms in total. The lowest BCUT2D eigenvalue weighted by Gasteiger charge is -2.33. The fourth-order valence-electron chi connectivity index (χ4n) is 9.29. The molecule has 0 fully saturated rings. The molecule has 2 heterocycles. The Morgan fingerprint density at radius 1 is 0.679 bits per heavy atom. The van der Waals surface area contributed by atoms with Gasteiger partial charge in [-0.3, -0.25) is 4.98 Å². The summed E-state index contributed by atoms with van der Waals surface area (Å²) in [6.07, 6.45) is 16.9. The highest BCUT2D eigenvalue weighted by Crippen LogP contribution is 2.54. The molecule has 0 radical (unpaired) electrons. The second-order valence-corrected chi connectivity index (χ2v) is 15.2. The van der Waals surface area contributed by atoms with Gasteiger partial charge in [-0.1, -0.05) is 135 Å². The van der Waals surface area contributed by atoms with Crippen molar-refractivity contribution < 1.29 is 0 Å². The minimum Gasteiger partial charge on any atom is -0.333 e. The zero-order valence-electron chi connectivity index (χ0n) is 30.1. The van der Waals surface area contributed by atoms with Gasteiger partial charge in [-0.15, -0.1) is 0 Å². The maximum atomic E-state index is 4.36. The minimum absolute atomic E-state index is 0.0208. The highest BCUT2D eigenvalue weighted by atomic mass is 15.2. The van der Waals surface area contributed by atoms with Gasteiger partial charge in [0.1, 0.15) is 0 Å². The Labute approximate surface area is 312 Å². The molecule has 5 aromatic carbocycles. The van der Waals surface area contributed by atoms with Crippen molar-refractivity contribution in [3.05, 3.63) is 216 Å². The van der Waals surface area contributed by atoms with Crippen LogP contribution in [0.25, 0.3) is 16.7 Å². The first kappa shape index (κ1) is 31.5. The fraction of sp³-hybridized carbons (Fsp3) is 0.140. The molecule has 0 saturated carbocycles. The van der Waals surface area contributed by atoms with Gasteiger partial charge in [-0.25, -0.2) is 0 Å². The van der Waals surface area contributed by atoms with Crippen molar-refractivity contribution in [2.24, 2.45) is 0 Å². The van der Waals surface area contributed by atoms with E-state index in [-0.39, 0.29) is 17.4 Å². The summed E-state index contributed by atoms with van der Waals surface area (Å²) in [5.41, 5.74) is 16.6. The van der Waals surface area contributed by atoms with E-state index in [1.54, 1.807) is 0 Å². The number of nitrogens with zero attached hydrogens (tertiary/aromatic N) is 3. The second kappa shape index (κ2) is 12.5. The van der Waals surface area contributed by atoms with Crippen molar-refractivity contribution in [2.75, 3.05) is 9.80 Å². The summed E-state index contributed by atoms with van der Waals surface area (Å²) in [5.74, 6) is 0.710. The molecule has 53 heavy (non-hydrogen) atoms. The fourth-order valence-corrected chi connectivity index (χ4v) is 9.29. The van der Waals surface area contributed by atoms with Crippen molar-refractivity contribution in [1.82, 2.24) is 4.98 Å². The van der Waals surface area contributed by atoms with E-state index in [0.29, 0.717) is 5.92 Å². The van der Waals surface area contributed by atoms with Gasteiger partial charge in [0.15, 0.2) is 0 Å². The molecular weight excluding hydrogens is 643 g/mol. The molecule has 10 rings (SSSR count). The van der Waals surface area contributed by atoms with Crippen LogP contribution in [-0.4, -0.2) is 11.0 Å². The van der Waals surface area contributed by atoms with Crippen LogP contribution in [0.1, 0.15) is 54.4 Å². The number of benzene rings is 5. The molecule has 1 aliphatic heterocycles. The Balaban J connectivity index is 1.01. The lowest BCUT2D eigenvalue weighted by Crippen LogP contribution is -2.28. The average Bonchev–Trinajstić information content (AvgIpc) is 3.67. The molecular formula is C50H41N3. The van der Waals surface area contributed by atoms with Gasteiger partial charge < -0.3 is 9.80 Å². The lowest BCUT2D eigenvalue weighted by molar-refractivity contribution is 0.609. The number of hydrogen-bond acceptors (Lipinski definition) is 3. The normalized spacial score (nSPS) is 20.4. The number of pyridine rings is 1. The van der Waals surface area contributed by atoms with Crippen molar-refractivity contribution in [1.29, 1.82) is 0 Å². The third-order valence-corrected chi connectivity index (χ3v) is 11.9. The van der Waals surface area contributed by atoms with E-state index in [1.807, 2.05) is 18.5 Å². The lowest BCUT2D eigenvalue weighted by atomic mass is 9.78. The molecule has 0 spiro atoms. The first-order valence-electron chi connectivity index (χ1n) is 18.8. The quantitative estimate of drug-likeness (QED) is 0.174. The van der Waals surface area contributed by atoms with Crippen LogP contribution in [0, 0.1) is 0 Å². The molecule has 0 amide bonds. The zero-order chi connectivity index (χ0) is 35.5. The Bertz CT molecular complexity index is 2450. The molecule has 3 atom stereocenters. The number of para-hydroxylation sites is 2. The van der Waals surface area contributed by atoms with Crippen LogP contribution in [-0.2, 0) is 5.41 Å². The van der Waals surface area contributed by atoms with E-state index in [4.69, 9.17) is 0 Å². The van der Waals surface area contributed by atoms with Crippen LogP contribution < -0.4 is 9.80 Å². The third-order valence-electron chi connectivity index (χ3n) is 11.9. The first-order valence-corrected chi connectivity index (χ1v) is 18.8. The highest BCUT2D eigenvalue weighted by Gasteiger charge is 2.42. The largest absolute Gasteiger partial charge is 0.333 e. The van der Waals surface area contributed by atoms with Crippen molar-refractivity contribution in [3.63, 3.8) is 0 Å². The number of allylic oxidation sites excluding steroid dienone is 5. The second-order valence-electron chi connectivity index (χ2n) is 15.2. The van der Waals surface area contributed by atoms with Crippen LogP contribution in [0.4, 0.5) is 22.7 Å². The van der Waals surface area contributed by atoms with Crippen LogP contribution in [0.5, 0.6) is 0 Å². The summed E-state index contributed by atoms with van der Waals surface area (Å²) < 4.78 is 0. The van der Waals surface area contributed by atoms with Crippen molar-refractivity contribution in [3.8, 4) is 11.1 Å². The SMILES string of the molecule is CC1(C)C2=CC(N(c3ccc(C4=CC5c6ccccc6N(c6ccccc6)C5C=C4)cc3)c3ccc(-c4cccnc4)cc3)=CCC2c2ccccc21. The summed E-state index contributed by atoms with van der Waals surface area (Å²) in [6.45, 7) is 4.78. The molecule has 3 unspecified atom stereocenters. The van der Waals surface area contributed by atoms with E-state index in [1.165, 1.54) is 50.5 Å². The van der Waals surface area contributed by atoms with E-state index in [2.05, 4.69) is 192 Å². The molecule has 3 aliphatic carbocycles. The summed E-state index contributed by atoms with van der Waals surface area (Å²) in [7, 11) is 0. The van der Waals surface area contributed by atoms with Gasteiger partial charge in [0.25, 0.3) is 0 Å².